The highest BCUT2D eigenvalue weighted by atomic mass is 16.5. The van der Waals surface area contributed by atoms with Gasteiger partial charge in [-0.1, -0.05) is 60.7 Å². The summed E-state index contributed by atoms with van der Waals surface area (Å²) in [6.45, 7) is 1.36. The molecule has 2 rings (SSSR count). The van der Waals surface area contributed by atoms with Crippen molar-refractivity contribution in [1.82, 2.24) is 10.6 Å². The van der Waals surface area contributed by atoms with Gasteiger partial charge in [0.05, 0.1) is 7.11 Å². The second kappa shape index (κ2) is 11.6. The van der Waals surface area contributed by atoms with Crippen LogP contribution < -0.4 is 10.6 Å². The Morgan fingerprint density at radius 3 is 2.00 bits per heavy atom. The summed E-state index contributed by atoms with van der Waals surface area (Å²) < 4.78 is 4.85. The van der Waals surface area contributed by atoms with Gasteiger partial charge in [-0.05, 0) is 30.4 Å². The highest BCUT2D eigenvalue weighted by Gasteiger charge is 2.26. The Kier molecular flexibility index (Phi) is 8.89. The standard InChI is InChI=1S/C23H28N2O4/c1-17(26)24-21(16-19-12-7-4-8-13-19)22(27)25-20(23(28)29-2)15-9-14-18-10-5-3-6-11-18/h3-8,10-13,20-21H,9,14-16H2,1-2H3,(H,24,26)(H,25,27)/t20-,21-/m0/s1. The van der Waals surface area contributed by atoms with Crippen LogP contribution in [0.25, 0.3) is 0 Å². The first-order valence-electron chi connectivity index (χ1n) is 9.72. The molecule has 0 radical (unpaired) electrons. The average Bonchev–Trinajstić information content (AvgIpc) is 2.73. The van der Waals surface area contributed by atoms with E-state index in [4.69, 9.17) is 4.74 Å². The summed E-state index contributed by atoms with van der Waals surface area (Å²) in [6.07, 6.45) is 2.30. The fourth-order valence-corrected chi connectivity index (χ4v) is 3.12. The lowest BCUT2D eigenvalue weighted by Crippen LogP contribution is -2.52. The maximum absolute atomic E-state index is 12.8. The van der Waals surface area contributed by atoms with Crippen molar-refractivity contribution in [3.63, 3.8) is 0 Å². The van der Waals surface area contributed by atoms with E-state index >= 15 is 0 Å². The van der Waals surface area contributed by atoms with E-state index in [-0.39, 0.29) is 5.91 Å². The molecule has 0 fully saturated rings. The molecule has 2 N–H and O–H groups in total. The van der Waals surface area contributed by atoms with Crippen LogP contribution in [-0.2, 0) is 32.0 Å². The number of methoxy groups -OCH3 is 1. The zero-order chi connectivity index (χ0) is 21.1. The first kappa shape index (κ1) is 22.1. The predicted molar refractivity (Wildman–Crippen MR) is 111 cm³/mol. The van der Waals surface area contributed by atoms with Crippen molar-refractivity contribution in [3.8, 4) is 0 Å². The minimum atomic E-state index is -0.767. The molecule has 0 unspecified atom stereocenters. The molecule has 0 saturated heterocycles. The second-order valence-corrected chi connectivity index (χ2v) is 6.90. The first-order chi connectivity index (χ1) is 14.0. The van der Waals surface area contributed by atoms with E-state index in [0.717, 1.165) is 12.0 Å². The molecule has 0 spiro atoms. The van der Waals surface area contributed by atoms with Gasteiger partial charge in [0, 0.05) is 13.3 Å². The van der Waals surface area contributed by atoms with Crippen molar-refractivity contribution < 1.29 is 19.1 Å². The smallest absolute Gasteiger partial charge is 0.328 e. The molecule has 6 nitrogen and oxygen atoms in total. The summed E-state index contributed by atoms with van der Waals surface area (Å²) in [6, 6.07) is 17.8. The predicted octanol–water partition coefficient (Wildman–Crippen LogP) is 2.41. The molecule has 2 amide bonds. The van der Waals surface area contributed by atoms with Crippen LogP contribution in [0.5, 0.6) is 0 Å². The van der Waals surface area contributed by atoms with E-state index in [0.29, 0.717) is 19.3 Å². The maximum atomic E-state index is 12.8. The third-order valence-corrected chi connectivity index (χ3v) is 4.58. The Labute approximate surface area is 171 Å². The van der Waals surface area contributed by atoms with E-state index in [1.807, 2.05) is 60.7 Å². The van der Waals surface area contributed by atoms with Crippen LogP contribution in [0.2, 0.25) is 0 Å². The number of carbonyl (C=O) groups is 3. The molecule has 2 atom stereocenters. The first-order valence-corrected chi connectivity index (χ1v) is 9.72. The fraction of sp³-hybridized carbons (Fsp3) is 0.348. The quantitative estimate of drug-likeness (QED) is 0.604. The van der Waals surface area contributed by atoms with Gasteiger partial charge in [0.25, 0.3) is 0 Å². The minimum Gasteiger partial charge on any atom is -0.467 e. The van der Waals surface area contributed by atoms with Gasteiger partial charge in [0.1, 0.15) is 12.1 Å². The van der Waals surface area contributed by atoms with Crippen molar-refractivity contribution in [2.45, 2.75) is 44.7 Å². The van der Waals surface area contributed by atoms with Crippen LogP contribution in [-0.4, -0.2) is 37.0 Å². The summed E-state index contributed by atoms with van der Waals surface area (Å²) in [5.74, 6) is -1.20. The molecule has 0 heterocycles. The van der Waals surface area contributed by atoms with Crippen molar-refractivity contribution in [3.05, 3.63) is 71.8 Å². The number of rotatable bonds is 10. The van der Waals surface area contributed by atoms with Crippen molar-refractivity contribution >= 4 is 17.8 Å². The molecule has 0 aromatic heterocycles. The molecule has 0 aliphatic carbocycles. The molecule has 6 heteroatoms. The largest absolute Gasteiger partial charge is 0.467 e. The molecule has 0 aliphatic rings. The van der Waals surface area contributed by atoms with Crippen LogP contribution in [0.15, 0.2) is 60.7 Å². The number of aryl methyl sites for hydroxylation is 1. The highest BCUT2D eigenvalue weighted by Crippen LogP contribution is 2.09. The Bertz CT molecular complexity index is 793. The molecule has 0 bridgehead atoms. The number of benzene rings is 2. The Morgan fingerprint density at radius 2 is 1.45 bits per heavy atom. The number of nitrogens with one attached hydrogen (secondary N) is 2. The zero-order valence-corrected chi connectivity index (χ0v) is 16.9. The zero-order valence-electron chi connectivity index (χ0n) is 16.9. The van der Waals surface area contributed by atoms with Gasteiger partial charge in [0.2, 0.25) is 11.8 Å². The molecule has 2 aromatic carbocycles. The second-order valence-electron chi connectivity index (χ2n) is 6.90. The molecule has 0 saturated carbocycles. The molecule has 154 valence electrons. The number of hydrogen-bond acceptors (Lipinski definition) is 4. The Hall–Kier alpha value is -3.15. The Balaban J connectivity index is 2.00. The van der Waals surface area contributed by atoms with Crippen molar-refractivity contribution in [2.24, 2.45) is 0 Å². The maximum Gasteiger partial charge on any atom is 0.328 e. The monoisotopic (exact) mass is 396 g/mol. The van der Waals surface area contributed by atoms with E-state index in [1.165, 1.54) is 19.6 Å². The van der Waals surface area contributed by atoms with E-state index in [9.17, 15) is 14.4 Å². The SMILES string of the molecule is COC(=O)[C@H](CCCc1ccccc1)NC(=O)[C@H](Cc1ccccc1)NC(C)=O. The van der Waals surface area contributed by atoms with Gasteiger partial charge < -0.3 is 15.4 Å². The van der Waals surface area contributed by atoms with Gasteiger partial charge >= 0.3 is 5.97 Å². The van der Waals surface area contributed by atoms with Gasteiger partial charge in [0.15, 0.2) is 0 Å². The van der Waals surface area contributed by atoms with E-state index in [2.05, 4.69) is 10.6 Å². The molecule has 0 aliphatic heterocycles. The van der Waals surface area contributed by atoms with Crippen molar-refractivity contribution in [2.75, 3.05) is 7.11 Å². The van der Waals surface area contributed by atoms with Gasteiger partial charge in [-0.3, -0.25) is 9.59 Å². The summed E-state index contributed by atoms with van der Waals surface area (Å²) in [5.41, 5.74) is 2.09. The Morgan fingerprint density at radius 1 is 0.862 bits per heavy atom. The molecule has 29 heavy (non-hydrogen) atoms. The lowest BCUT2D eigenvalue weighted by atomic mass is 10.0. The van der Waals surface area contributed by atoms with E-state index in [1.54, 1.807) is 0 Å². The third kappa shape index (κ3) is 7.78. The van der Waals surface area contributed by atoms with Gasteiger partial charge in [-0.25, -0.2) is 4.79 Å². The normalized spacial score (nSPS) is 12.5. The van der Waals surface area contributed by atoms with Crippen LogP contribution >= 0.6 is 0 Å². The summed E-state index contributed by atoms with van der Waals surface area (Å²) >= 11 is 0. The van der Waals surface area contributed by atoms with Gasteiger partial charge in [-0.2, -0.15) is 0 Å². The minimum absolute atomic E-state index is 0.306. The lowest BCUT2D eigenvalue weighted by Gasteiger charge is -2.22. The van der Waals surface area contributed by atoms with Gasteiger partial charge in [-0.15, -0.1) is 0 Å². The van der Waals surface area contributed by atoms with E-state index < -0.39 is 24.0 Å². The number of esters is 1. The fourth-order valence-electron chi connectivity index (χ4n) is 3.12. The van der Waals surface area contributed by atoms with Crippen LogP contribution in [0, 0.1) is 0 Å². The topological polar surface area (TPSA) is 84.5 Å². The van der Waals surface area contributed by atoms with Crippen LogP contribution in [0.1, 0.15) is 30.9 Å². The lowest BCUT2D eigenvalue weighted by molar-refractivity contribution is -0.145. The molecule has 2 aromatic rings. The summed E-state index contributed by atoms with van der Waals surface area (Å²) in [4.78, 5) is 36.6. The number of hydrogen-bond donors (Lipinski definition) is 2. The number of amides is 2. The third-order valence-electron chi connectivity index (χ3n) is 4.58. The van der Waals surface area contributed by atoms with Crippen molar-refractivity contribution in [1.29, 1.82) is 0 Å². The number of ether oxygens (including phenoxy) is 1. The average molecular weight is 396 g/mol. The molecular weight excluding hydrogens is 368 g/mol. The molecular formula is C23H28N2O4. The summed E-state index contributed by atoms with van der Waals surface area (Å²) in [7, 11) is 1.30. The highest BCUT2D eigenvalue weighted by molar-refractivity contribution is 5.90. The number of carbonyl (C=O) groups excluding carboxylic acids is 3. The van der Waals surface area contributed by atoms with Crippen LogP contribution in [0.4, 0.5) is 0 Å². The summed E-state index contributed by atoms with van der Waals surface area (Å²) in [5, 5.41) is 5.42. The van der Waals surface area contributed by atoms with Crippen LogP contribution in [0.3, 0.4) is 0 Å².